The van der Waals surface area contributed by atoms with Gasteiger partial charge in [0, 0.05) is 17.6 Å². The largest absolute Gasteiger partial charge is 0.383 e. The fourth-order valence-electron chi connectivity index (χ4n) is 4.12. The Kier molecular flexibility index (Phi) is 4.15. The maximum Gasteiger partial charge on any atom is 0.383 e. The lowest BCUT2D eigenvalue weighted by Crippen LogP contribution is -2.53. The van der Waals surface area contributed by atoms with Crippen LogP contribution < -0.4 is 5.32 Å². The van der Waals surface area contributed by atoms with Crippen LogP contribution in [-0.4, -0.2) is 35.4 Å². The first-order valence-corrected chi connectivity index (χ1v) is 8.40. The van der Waals surface area contributed by atoms with Crippen LogP contribution in [0.2, 0.25) is 0 Å². The molecule has 1 aliphatic carbocycles. The number of hydrogen-bond donors (Lipinski definition) is 1. The van der Waals surface area contributed by atoms with Crippen LogP contribution in [0.1, 0.15) is 42.4 Å². The van der Waals surface area contributed by atoms with Crippen LogP contribution in [0.15, 0.2) is 18.2 Å². The van der Waals surface area contributed by atoms with Crippen LogP contribution in [0, 0.1) is 24.0 Å². The number of nitrogens with one attached hydrogen (secondary N) is 1. The molecule has 1 aromatic carbocycles. The first-order valence-electron chi connectivity index (χ1n) is 8.40. The third-order valence-electron chi connectivity index (χ3n) is 5.62. The number of nitro groups is 1. The van der Waals surface area contributed by atoms with Crippen molar-refractivity contribution in [2.75, 3.05) is 7.11 Å². The van der Waals surface area contributed by atoms with Gasteiger partial charge < -0.3 is 10.1 Å². The van der Waals surface area contributed by atoms with E-state index >= 15 is 0 Å². The molecule has 2 aliphatic rings. The van der Waals surface area contributed by atoms with E-state index in [0.29, 0.717) is 31.2 Å². The summed E-state index contributed by atoms with van der Waals surface area (Å²) in [5, 5.41) is 14.7. The summed E-state index contributed by atoms with van der Waals surface area (Å²) >= 11 is 0. The van der Waals surface area contributed by atoms with E-state index in [1.165, 1.54) is 0 Å². The summed E-state index contributed by atoms with van der Waals surface area (Å²) in [4.78, 5) is 37.5. The molecule has 1 saturated carbocycles. The maximum absolute atomic E-state index is 13.3. The third kappa shape index (κ3) is 2.37. The van der Waals surface area contributed by atoms with Crippen LogP contribution in [-0.2, 0) is 19.9 Å². The van der Waals surface area contributed by atoms with E-state index in [1.807, 2.05) is 6.07 Å². The Morgan fingerprint density at radius 3 is 2.44 bits per heavy atom. The zero-order chi connectivity index (χ0) is 18.4. The van der Waals surface area contributed by atoms with Gasteiger partial charge in [0.15, 0.2) is 0 Å². The van der Waals surface area contributed by atoms with E-state index in [2.05, 4.69) is 5.32 Å². The third-order valence-corrected chi connectivity index (χ3v) is 5.62. The van der Waals surface area contributed by atoms with E-state index in [-0.39, 0.29) is 11.7 Å². The van der Waals surface area contributed by atoms with Gasteiger partial charge in [-0.2, -0.15) is 0 Å². The summed E-state index contributed by atoms with van der Waals surface area (Å²) in [5.74, 6) is -1.47. The molecule has 7 heteroatoms. The van der Waals surface area contributed by atoms with Crippen LogP contribution in [0.3, 0.4) is 0 Å². The average molecular weight is 346 g/mol. The van der Waals surface area contributed by atoms with Gasteiger partial charge >= 0.3 is 11.4 Å². The fourth-order valence-corrected chi connectivity index (χ4v) is 4.12. The Morgan fingerprint density at radius 1 is 1.24 bits per heavy atom. The lowest BCUT2D eigenvalue weighted by molar-refractivity contribution is -0.542. The Balaban J connectivity index is 2.12. The topological polar surface area (TPSA) is 98.5 Å². The van der Waals surface area contributed by atoms with Crippen molar-refractivity contribution in [1.82, 2.24) is 5.32 Å². The molecule has 1 heterocycles. The molecule has 0 radical (unpaired) electrons. The highest BCUT2D eigenvalue weighted by molar-refractivity contribution is 6.20. The molecule has 1 N–H and O–H groups in total. The van der Waals surface area contributed by atoms with Crippen molar-refractivity contribution < 1.29 is 19.2 Å². The second-order valence-corrected chi connectivity index (χ2v) is 7.09. The van der Waals surface area contributed by atoms with Crippen molar-refractivity contribution in [3.63, 3.8) is 0 Å². The van der Waals surface area contributed by atoms with Crippen molar-refractivity contribution in [1.29, 1.82) is 0 Å². The lowest BCUT2D eigenvalue weighted by atomic mass is 9.72. The number of hydrogen-bond acceptors (Lipinski definition) is 5. The summed E-state index contributed by atoms with van der Waals surface area (Å²) < 4.78 is 5.32. The summed E-state index contributed by atoms with van der Waals surface area (Å²) in [7, 11) is 1.61. The zero-order valence-corrected chi connectivity index (χ0v) is 14.6. The van der Waals surface area contributed by atoms with Crippen molar-refractivity contribution in [2.45, 2.75) is 56.7 Å². The van der Waals surface area contributed by atoms with E-state index < -0.39 is 27.7 Å². The molecule has 1 atom stereocenters. The van der Waals surface area contributed by atoms with Gasteiger partial charge in [-0.3, -0.25) is 19.7 Å². The predicted octanol–water partition coefficient (Wildman–Crippen LogP) is 1.80. The molecule has 1 saturated heterocycles. The summed E-state index contributed by atoms with van der Waals surface area (Å²) in [6, 6.07) is 5.10. The number of benzene rings is 1. The second-order valence-electron chi connectivity index (χ2n) is 7.09. The van der Waals surface area contributed by atoms with Gasteiger partial charge in [-0.05, 0) is 51.2 Å². The van der Waals surface area contributed by atoms with Gasteiger partial charge in [-0.25, -0.2) is 0 Å². The normalized spacial score (nSPS) is 32.0. The second kappa shape index (κ2) is 5.91. The quantitative estimate of drug-likeness (QED) is 0.511. The van der Waals surface area contributed by atoms with E-state index in [0.717, 1.165) is 5.56 Å². The van der Waals surface area contributed by atoms with Crippen LogP contribution in [0.4, 0.5) is 0 Å². The predicted molar refractivity (Wildman–Crippen MR) is 89.7 cm³/mol. The molecule has 25 heavy (non-hydrogen) atoms. The van der Waals surface area contributed by atoms with Gasteiger partial charge in [0.1, 0.15) is 5.54 Å². The van der Waals surface area contributed by atoms with Gasteiger partial charge in [-0.15, -0.1) is 0 Å². The molecule has 2 fully saturated rings. The Bertz CT molecular complexity index is 752. The number of carbonyl (C=O) groups is 2. The lowest BCUT2D eigenvalue weighted by Gasteiger charge is -2.34. The summed E-state index contributed by atoms with van der Waals surface area (Å²) in [6.07, 6.45) is 1.90. The first kappa shape index (κ1) is 17.5. The minimum absolute atomic E-state index is 0.0154. The van der Waals surface area contributed by atoms with Gasteiger partial charge in [-0.1, -0.05) is 17.7 Å². The van der Waals surface area contributed by atoms with Crippen LogP contribution in [0.25, 0.3) is 0 Å². The summed E-state index contributed by atoms with van der Waals surface area (Å²) in [6.45, 7) is 3.47. The fraction of sp³-hybridized carbons (Fsp3) is 0.556. The number of rotatable bonds is 3. The maximum atomic E-state index is 13.3. The number of aryl methyl sites for hydroxylation is 2. The highest BCUT2D eigenvalue weighted by Crippen LogP contribution is 2.44. The molecule has 3 rings (SSSR count). The molecule has 0 unspecified atom stereocenters. The zero-order valence-electron chi connectivity index (χ0n) is 14.6. The number of carbonyl (C=O) groups excluding carboxylic acids is 2. The average Bonchev–Trinajstić information content (AvgIpc) is 2.79. The Labute approximate surface area is 145 Å². The Morgan fingerprint density at radius 2 is 1.88 bits per heavy atom. The van der Waals surface area contributed by atoms with E-state index in [4.69, 9.17) is 4.74 Å². The monoisotopic (exact) mass is 346 g/mol. The molecule has 1 aliphatic heterocycles. The molecular weight excluding hydrogens is 324 g/mol. The molecule has 0 aromatic heterocycles. The van der Waals surface area contributed by atoms with Gasteiger partial charge in [0.25, 0.3) is 0 Å². The molecule has 1 amide bonds. The number of Topliss-reactive ketones (excluding diaryl/α,β-unsaturated/α-hetero) is 1. The van der Waals surface area contributed by atoms with Gasteiger partial charge in [0.2, 0.25) is 5.78 Å². The highest BCUT2D eigenvalue weighted by Gasteiger charge is 2.72. The SMILES string of the molecule is COC1CCC2(CC1)NC(=O)[C@](c1cc(C)ccc1C)([N+](=O)[O-])C2=O. The number of ketones is 1. The minimum Gasteiger partial charge on any atom is -0.381 e. The van der Waals surface area contributed by atoms with Crippen molar-refractivity contribution in [3.05, 3.63) is 45.0 Å². The van der Waals surface area contributed by atoms with E-state index in [9.17, 15) is 19.7 Å². The van der Waals surface area contributed by atoms with Crippen molar-refractivity contribution in [2.24, 2.45) is 0 Å². The number of nitrogens with zero attached hydrogens (tertiary/aromatic N) is 1. The number of amides is 1. The molecule has 1 aromatic rings. The smallest absolute Gasteiger partial charge is 0.381 e. The molecule has 7 nitrogen and oxygen atoms in total. The minimum atomic E-state index is -2.37. The van der Waals surface area contributed by atoms with Crippen LogP contribution >= 0.6 is 0 Å². The summed E-state index contributed by atoms with van der Waals surface area (Å²) in [5.41, 5.74) is -2.03. The first-order chi connectivity index (χ1) is 11.8. The molecule has 134 valence electrons. The molecule has 1 spiro atoms. The molecular formula is C18H22N2O5. The number of ether oxygens (including phenoxy) is 1. The van der Waals surface area contributed by atoms with Gasteiger partial charge in [0.05, 0.1) is 6.10 Å². The van der Waals surface area contributed by atoms with Crippen LogP contribution in [0.5, 0.6) is 0 Å². The van der Waals surface area contributed by atoms with E-state index in [1.54, 1.807) is 33.1 Å². The highest BCUT2D eigenvalue weighted by atomic mass is 16.6. The van der Waals surface area contributed by atoms with Crippen molar-refractivity contribution in [3.8, 4) is 0 Å². The van der Waals surface area contributed by atoms with Crippen molar-refractivity contribution >= 4 is 11.7 Å². The Hall–Kier alpha value is -2.28. The number of methoxy groups -OCH3 is 1. The molecule has 0 bridgehead atoms. The standard InChI is InChI=1S/C18H22N2O5/c1-11-4-5-12(2)14(10-11)18(20(23)24)15(21)17(19-16(18)22)8-6-13(25-3)7-9-17/h4-5,10,13H,6-9H2,1-3H3,(H,19,22)/t13?,17?,18-/m1/s1.